The van der Waals surface area contributed by atoms with Crippen LogP contribution in [0, 0.1) is 0 Å². The van der Waals surface area contributed by atoms with E-state index in [1.807, 2.05) is 27.7 Å². The molecule has 4 nitrogen and oxygen atoms in total. The van der Waals surface area contributed by atoms with Crippen LogP contribution in [-0.4, -0.2) is 39.4 Å². The lowest BCUT2D eigenvalue weighted by molar-refractivity contribution is -0.0694. The van der Waals surface area contributed by atoms with Crippen LogP contribution in [0.5, 0.6) is 0 Å². The molecule has 1 unspecified atom stereocenters. The molecule has 0 aliphatic carbocycles. The third kappa shape index (κ3) is 2.41. The molecule has 2 bridgehead atoms. The van der Waals surface area contributed by atoms with E-state index < -0.39 is 11.2 Å². The molecule has 0 aromatic heterocycles. The SMILES string of the molecule is CC(C)(C)OC(=O)N1[C@@H]2CC[C@H]1C(C)(O)CC2. The Morgan fingerprint density at radius 2 is 2.00 bits per heavy atom. The minimum absolute atomic E-state index is 0.0731. The van der Waals surface area contributed by atoms with Crippen molar-refractivity contribution >= 4 is 6.09 Å². The third-order valence-corrected chi connectivity index (χ3v) is 3.81. The first-order valence-electron chi connectivity index (χ1n) is 6.44. The van der Waals surface area contributed by atoms with E-state index in [9.17, 15) is 9.90 Å². The number of carbonyl (C=O) groups excluding carboxylic acids is 1. The molecular weight excluding hydrogens is 218 g/mol. The molecule has 2 aliphatic heterocycles. The summed E-state index contributed by atoms with van der Waals surface area (Å²) >= 11 is 0. The Bertz CT molecular complexity index is 319. The number of piperidine rings is 1. The number of carbonyl (C=O) groups is 1. The molecular formula is C13H23NO3. The van der Waals surface area contributed by atoms with Crippen LogP contribution in [0.3, 0.4) is 0 Å². The summed E-state index contributed by atoms with van der Waals surface area (Å²) in [5.74, 6) is 0. The van der Waals surface area contributed by atoms with Crippen molar-refractivity contribution in [2.75, 3.05) is 0 Å². The normalized spacial score (nSPS) is 37.1. The zero-order chi connectivity index (χ0) is 12.8. The van der Waals surface area contributed by atoms with Crippen molar-refractivity contribution in [2.45, 2.75) is 76.7 Å². The molecule has 2 saturated heterocycles. The van der Waals surface area contributed by atoms with Gasteiger partial charge in [-0.3, -0.25) is 4.90 Å². The molecule has 17 heavy (non-hydrogen) atoms. The van der Waals surface area contributed by atoms with Gasteiger partial charge in [0.15, 0.2) is 0 Å². The zero-order valence-electron chi connectivity index (χ0n) is 11.2. The van der Waals surface area contributed by atoms with E-state index in [4.69, 9.17) is 4.74 Å². The number of hydrogen-bond donors (Lipinski definition) is 1. The average Bonchev–Trinajstić information content (AvgIpc) is 2.49. The Morgan fingerprint density at radius 3 is 2.59 bits per heavy atom. The molecule has 0 saturated carbocycles. The molecule has 98 valence electrons. The largest absolute Gasteiger partial charge is 0.444 e. The van der Waals surface area contributed by atoms with Crippen LogP contribution in [0.4, 0.5) is 4.79 Å². The van der Waals surface area contributed by atoms with Crippen LogP contribution in [0.2, 0.25) is 0 Å². The summed E-state index contributed by atoms with van der Waals surface area (Å²) in [5, 5.41) is 10.3. The fourth-order valence-electron chi connectivity index (χ4n) is 2.99. The summed E-state index contributed by atoms with van der Waals surface area (Å²) < 4.78 is 5.43. The predicted molar refractivity (Wildman–Crippen MR) is 64.7 cm³/mol. The first-order valence-corrected chi connectivity index (χ1v) is 6.44. The molecule has 2 aliphatic rings. The smallest absolute Gasteiger partial charge is 0.410 e. The molecule has 1 N–H and O–H groups in total. The topological polar surface area (TPSA) is 49.8 Å². The molecule has 2 rings (SSSR count). The van der Waals surface area contributed by atoms with Gasteiger partial charge in [0.05, 0.1) is 11.6 Å². The van der Waals surface area contributed by atoms with Crippen LogP contribution in [0.15, 0.2) is 0 Å². The van der Waals surface area contributed by atoms with E-state index in [1.54, 1.807) is 4.90 Å². The van der Waals surface area contributed by atoms with E-state index >= 15 is 0 Å². The Balaban J connectivity index is 2.13. The van der Waals surface area contributed by atoms with E-state index in [0.717, 1.165) is 25.7 Å². The monoisotopic (exact) mass is 241 g/mol. The number of rotatable bonds is 0. The molecule has 3 atom stereocenters. The van der Waals surface area contributed by atoms with Gasteiger partial charge in [-0.1, -0.05) is 0 Å². The summed E-state index contributed by atoms with van der Waals surface area (Å²) in [4.78, 5) is 13.9. The second kappa shape index (κ2) is 3.87. The average molecular weight is 241 g/mol. The van der Waals surface area contributed by atoms with Gasteiger partial charge >= 0.3 is 6.09 Å². The van der Waals surface area contributed by atoms with Gasteiger partial charge in [0.1, 0.15) is 5.60 Å². The van der Waals surface area contributed by atoms with Gasteiger partial charge in [0, 0.05) is 6.04 Å². The lowest BCUT2D eigenvalue weighted by atomic mass is 9.87. The molecule has 0 spiro atoms. The van der Waals surface area contributed by atoms with Crippen LogP contribution in [-0.2, 0) is 4.74 Å². The maximum absolute atomic E-state index is 12.2. The molecule has 4 heteroatoms. The third-order valence-electron chi connectivity index (χ3n) is 3.81. The van der Waals surface area contributed by atoms with Crippen molar-refractivity contribution in [2.24, 2.45) is 0 Å². The van der Waals surface area contributed by atoms with Gasteiger partial charge in [-0.2, -0.15) is 0 Å². The number of nitrogens with zero attached hydrogens (tertiary/aromatic N) is 1. The Labute approximate surface area is 103 Å². The van der Waals surface area contributed by atoms with Crippen molar-refractivity contribution in [3.63, 3.8) is 0 Å². The number of fused-ring (bicyclic) bond motifs is 2. The highest BCUT2D eigenvalue weighted by molar-refractivity contribution is 5.70. The van der Waals surface area contributed by atoms with Gasteiger partial charge in [0.2, 0.25) is 0 Å². The minimum Gasteiger partial charge on any atom is -0.444 e. The van der Waals surface area contributed by atoms with Crippen LogP contribution >= 0.6 is 0 Å². The highest BCUT2D eigenvalue weighted by Gasteiger charge is 2.51. The van der Waals surface area contributed by atoms with E-state index in [-0.39, 0.29) is 18.2 Å². The van der Waals surface area contributed by atoms with Crippen LogP contribution in [0.1, 0.15) is 53.4 Å². The zero-order valence-corrected chi connectivity index (χ0v) is 11.2. The van der Waals surface area contributed by atoms with Gasteiger partial charge in [0.25, 0.3) is 0 Å². The molecule has 0 aromatic rings. The van der Waals surface area contributed by atoms with E-state index in [2.05, 4.69) is 0 Å². The number of hydrogen-bond acceptors (Lipinski definition) is 3. The van der Waals surface area contributed by atoms with Crippen molar-refractivity contribution in [3.8, 4) is 0 Å². The maximum Gasteiger partial charge on any atom is 0.410 e. The van der Waals surface area contributed by atoms with Gasteiger partial charge < -0.3 is 9.84 Å². The van der Waals surface area contributed by atoms with Crippen molar-refractivity contribution in [1.82, 2.24) is 4.90 Å². The van der Waals surface area contributed by atoms with Gasteiger partial charge in [-0.05, 0) is 53.4 Å². The molecule has 2 fully saturated rings. The number of amides is 1. The highest BCUT2D eigenvalue weighted by atomic mass is 16.6. The van der Waals surface area contributed by atoms with Gasteiger partial charge in [-0.25, -0.2) is 4.79 Å². The second-order valence-corrected chi connectivity index (χ2v) is 6.53. The molecule has 1 amide bonds. The summed E-state index contributed by atoms with van der Waals surface area (Å²) in [6.07, 6.45) is 3.26. The molecule has 0 aromatic carbocycles. The van der Waals surface area contributed by atoms with Crippen molar-refractivity contribution in [3.05, 3.63) is 0 Å². The lowest BCUT2D eigenvalue weighted by Crippen LogP contribution is -2.57. The lowest BCUT2D eigenvalue weighted by Gasteiger charge is -2.43. The predicted octanol–water partition coefficient (Wildman–Crippen LogP) is 2.30. The summed E-state index contributed by atoms with van der Waals surface area (Å²) in [7, 11) is 0. The number of aliphatic hydroxyl groups is 1. The van der Waals surface area contributed by atoms with E-state index in [1.165, 1.54) is 0 Å². The summed E-state index contributed by atoms with van der Waals surface area (Å²) in [6.45, 7) is 7.44. The summed E-state index contributed by atoms with van der Waals surface area (Å²) in [5.41, 5.74) is -1.23. The Kier molecular flexibility index (Phi) is 2.89. The Morgan fingerprint density at radius 1 is 1.35 bits per heavy atom. The summed E-state index contributed by atoms with van der Waals surface area (Å²) in [6, 6.07) is 0.186. The quantitative estimate of drug-likeness (QED) is 0.708. The minimum atomic E-state index is -0.760. The molecule has 0 radical (unpaired) electrons. The highest BCUT2D eigenvalue weighted by Crippen LogP contribution is 2.41. The second-order valence-electron chi connectivity index (χ2n) is 6.53. The standard InChI is InChI=1S/C13H23NO3/c1-12(2,3)17-11(15)14-9-5-6-10(14)13(4,16)8-7-9/h9-10,16H,5-8H2,1-4H3/t9-,10+,13?/m1/s1. The number of ether oxygens (including phenoxy) is 1. The molecule has 2 heterocycles. The van der Waals surface area contributed by atoms with Crippen molar-refractivity contribution in [1.29, 1.82) is 0 Å². The maximum atomic E-state index is 12.2. The van der Waals surface area contributed by atoms with Crippen LogP contribution < -0.4 is 0 Å². The van der Waals surface area contributed by atoms with Crippen molar-refractivity contribution < 1.29 is 14.6 Å². The Hall–Kier alpha value is -0.770. The van der Waals surface area contributed by atoms with E-state index in [0.29, 0.717) is 0 Å². The fraction of sp³-hybridized carbons (Fsp3) is 0.923. The van der Waals surface area contributed by atoms with Gasteiger partial charge in [-0.15, -0.1) is 0 Å². The first-order chi connectivity index (χ1) is 7.71. The van der Waals surface area contributed by atoms with Crippen LogP contribution in [0.25, 0.3) is 0 Å². The first kappa shape index (κ1) is 12.7. The fourth-order valence-corrected chi connectivity index (χ4v) is 2.99.